The van der Waals surface area contributed by atoms with Crippen molar-refractivity contribution in [3.8, 4) is 5.75 Å². The molecular weight excluding hydrogens is 384 g/mol. The number of aromatic nitrogens is 2. The number of ether oxygens (including phenoxy) is 1. The molecule has 138 valence electrons. The Bertz CT molecular complexity index is 1030. The number of halogens is 1. The van der Waals surface area contributed by atoms with Gasteiger partial charge in [-0.15, -0.1) is 0 Å². The van der Waals surface area contributed by atoms with Crippen LogP contribution in [0.3, 0.4) is 0 Å². The molecule has 1 aliphatic heterocycles. The maximum absolute atomic E-state index is 12.4. The minimum absolute atomic E-state index is 0.00664. The van der Waals surface area contributed by atoms with Gasteiger partial charge in [-0.2, -0.15) is 0 Å². The lowest BCUT2D eigenvalue weighted by Crippen LogP contribution is -2.28. The molecule has 1 aliphatic rings. The highest BCUT2D eigenvalue weighted by atomic mass is 35.5. The molecule has 0 saturated carbocycles. The number of aliphatic imine (C=N–C) groups is 1. The molecule has 27 heavy (non-hydrogen) atoms. The van der Waals surface area contributed by atoms with Gasteiger partial charge < -0.3 is 15.0 Å². The number of carbonyl (C=O) groups is 1. The monoisotopic (exact) mass is 400 g/mol. The van der Waals surface area contributed by atoms with Gasteiger partial charge in [0.2, 0.25) is 5.91 Å². The van der Waals surface area contributed by atoms with Gasteiger partial charge in [0.1, 0.15) is 11.4 Å². The second kappa shape index (κ2) is 7.62. The Morgan fingerprint density at radius 1 is 1.44 bits per heavy atom. The molecule has 0 saturated heterocycles. The van der Waals surface area contributed by atoms with Gasteiger partial charge in [0, 0.05) is 34.1 Å². The highest BCUT2D eigenvalue weighted by molar-refractivity contribution is 8.14. The van der Waals surface area contributed by atoms with Crippen LogP contribution in [-0.4, -0.2) is 33.9 Å². The number of methoxy groups -OCH3 is 1. The van der Waals surface area contributed by atoms with Crippen LogP contribution in [0.1, 0.15) is 17.2 Å². The first-order chi connectivity index (χ1) is 13.1. The molecule has 3 heterocycles. The zero-order valence-corrected chi connectivity index (χ0v) is 16.1. The molecule has 0 fully saturated rings. The van der Waals surface area contributed by atoms with Gasteiger partial charge in [0.25, 0.3) is 0 Å². The van der Waals surface area contributed by atoms with E-state index in [0.29, 0.717) is 15.9 Å². The van der Waals surface area contributed by atoms with Crippen molar-refractivity contribution >= 4 is 45.5 Å². The summed E-state index contributed by atoms with van der Waals surface area (Å²) in [5.41, 5.74) is 2.69. The topological polar surface area (TPSA) is 79.4 Å². The molecule has 0 bridgehead atoms. The Labute approximate surface area is 165 Å². The van der Waals surface area contributed by atoms with E-state index in [1.165, 1.54) is 11.8 Å². The molecule has 0 spiro atoms. The fourth-order valence-electron chi connectivity index (χ4n) is 2.99. The standard InChI is InChI=1S/C19H17ClN4O2S/c1-26-12-5-4-11(15(20)8-12)7-17(25)24-19-23-16(10-27-19)14-9-22-18-13(14)3-2-6-21-18/h2-6,8-9,16H,7,10H2,1H3,(H,21,22)(H,23,24,25). The molecule has 2 N–H and O–H groups in total. The number of nitrogens with one attached hydrogen (secondary N) is 2. The maximum Gasteiger partial charge on any atom is 0.230 e. The van der Waals surface area contributed by atoms with Crippen molar-refractivity contribution < 1.29 is 9.53 Å². The van der Waals surface area contributed by atoms with Crippen LogP contribution in [0, 0.1) is 0 Å². The van der Waals surface area contributed by atoms with Crippen LogP contribution >= 0.6 is 23.4 Å². The molecule has 1 amide bonds. The van der Waals surface area contributed by atoms with Gasteiger partial charge >= 0.3 is 0 Å². The maximum atomic E-state index is 12.4. The molecular formula is C19H17ClN4O2S. The van der Waals surface area contributed by atoms with Crippen molar-refractivity contribution in [2.75, 3.05) is 12.9 Å². The highest BCUT2D eigenvalue weighted by Gasteiger charge is 2.24. The third kappa shape index (κ3) is 3.79. The predicted molar refractivity (Wildman–Crippen MR) is 109 cm³/mol. The number of aromatic amines is 1. The first-order valence-electron chi connectivity index (χ1n) is 8.39. The molecule has 1 aromatic carbocycles. The van der Waals surface area contributed by atoms with E-state index in [-0.39, 0.29) is 18.4 Å². The van der Waals surface area contributed by atoms with Crippen molar-refractivity contribution in [2.24, 2.45) is 4.99 Å². The number of hydrogen-bond donors (Lipinski definition) is 2. The second-order valence-electron chi connectivity index (χ2n) is 6.09. The molecule has 2 aromatic heterocycles. The van der Waals surface area contributed by atoms with E-state index in [1.54, 1.807) is 31.5 Å². The van der Waals surface area contributed by atoms with Crippen molar-refractivity contribution in [1.82, 2.24) is 15.3 Å². The van der Waals surface area contributed by atoms with Crippen LogP contribution in [0.4, 0.5) is 0 Å². The summed E-state index contributed by atoms with van der Waals surface area (Å²) in [6.45, 7) is 0. The van der Waals surface area contributed by atoms with Gasteiger partial charge in [-0.3, -0.25) is 9.79 Å². The summed E-state index contributed by atoms with van der Waals surface area (Å²) in [4.78, 5) is 24.5. The van der Waals surface area contributed by atoms with E-state index < -0.39 is 0 Å². The minimum atomic E-state index is -0.144. The number of carbonyl (C=O) groups excluding carboxylic acids is 1. The molecule has 1 atom stereocenters. The summed E-state index contributed by atoms with van der Waals surface area (Å²) in [5.74, 6) is 1.30. The first-order valence-corrected chi connectivity index (χ1v) is 9.75. The third-order valence-electron chi connectivity index (χ3n) is 4.35. The second-order valence-corrected chi connectivity index (χ2v) is 7.50. The van der Waals surface area contributed by atoms with Gasteiger partial charge in [-0.1, -0.05) is 29.4 Å². The quantitative estimate of drug-likeness (QED) is 0.699. The van der Waals surface area contributed by atoms with E-state index in [2.05, 4.69) is 20.3 Å². The van der Waals surface area contributed by atoms with E-state index >= 15 is 0 Å². The SMILES string of the molecule is COc1ccc(CC(=O)NC2=NC(c3c[nH]c4ncccc34)CS2)c(Cl)c1. The lowest BCUT2D eigenvalue weighted by Gasteiger charge is -2.07. The van der Waals surface area contributed by atoms with Gasteiger partial charge in [0.05, 0.1) is 19.6 Å². The summed E-state index contributed by atoms with van der Waals surface area (Å²) in [6.07, 6.45) is 3.88. The van der Waals surface area contributed by atoms with E-state index in [0.717, 1.165) is 27.9 Å². The Morgan fingerprint density at radius 3 is 3.15 bits per heavy atom. The minimum Gasteiger partial charge on any atom is -0.497 e. The van der Waals surface area contributed by atoms with Crippen LogP contribution < -0.4 is 10.1 Å². The molecule has 0 aliphatic carbocycles. The fourth-order valence-corrected chi connectivity index (χ4v) is 4.18. The summed E-state index contributed by atoms with van der Waals surface area (Å²) in [6, 6.07) is 9.22. The predicted octanol–water partition coefficient (Wildman–Crippen LogP) is 3.73. The van der Waals surface area contributed by atoms with Crippen molar-refractivity contribution in [3.63, 3.8) is 0 Å². The summed E-state index contributed by atoms with van der Waals surface area (Å²) < 4.78 is 5.13. The molecule has 1 unspecified atom stereocenters. The van der Waals surface area contributed by atoms with E-state index in [4.69, 9.17) is 16.3 Å². The molecule has 4 rings (SSSR count). The average molecular weight is 401 g/mol. The molecule has 8 heteroatoms. The van der Waals surface area contributed by atoms with Crippen LogP contribution in [-0.2, 0) is 11.2 Å². The van der Waals surface area contributed by atoms with Crippen LogP contribution in [0.25, 0.3) is 11.0 Å². The molecule has 6 nitrogen and oxygen atoms in total. The number of nitrogens with zero attached hydrogens (tertiary/aromatic N) is 2. The van der Waals surface area contributed by atoms with E-state index in [9.17, 15) is 4.79 Å². The van der Waals surface area contributed by atoms with Gasteiger partial charge in [0.15, 0.2) is 5.17 Å². The van der Waals surface area contributed by atoms with Crippen LogP contribution in [0.5, 0.6) is 5.75 Å². The largest absolute Gasteiger partial charge is 0.497 e. The number of amides is 1. The number of rotatable bonds is 4. The number of fused-ring (bicyclic) bond motifs is 1. The number of thioether (sulfide) groups is 1. The van der Waals surface area contributed by atoms with Crippen molar-refractivity contribution in [1.29, 1.82) is 0 Å². The average Bonchev–Trinajstić information content (AvgIpc) is 3.30. The van der Waals surface area contributed by atoms with E-state index in [1.807, 2.05) is 18.3 Å². The third-order valence-corrected chi connectivity index (χ3v) is 5.67. The van der Waals surface area contributed by atoms with Crippen molar-refractivity contribution in [2.45, 2.75) is 12.5 Å². The highest BCUT2D eigenvalue weighted by Crippen LogP contribution is 2.33. The molecule has 0 radical (unpaired) electrons. The Hall–Kier alpha value is -2.51. The number of H-pyrrole nitrogens is 1. The fraction of sp³-hybridized carbons (Fsp3) is 0.211. The zero-order valence-electron chi connectivity index (χ0n) is 14.5. The number of benzene rings is 1. The van der Waals surface area contributed by atoms with Crippen molar-refractivity contribution in [3.05, 3.63) is 58.9 Å². The normalized spacial score (nSPS) is 16.4. The van der Waals surface area contributed by atoms with Crippen LogP contribution in [0.15, 0.2) is 47.7 Å². The lowest BCUT2D eigenvalue weighted by molar-refractivity contribution is -0.119. The lowest BCUT2D eigenvalue weighted by atomic mass is 10.1. The Morgan fingerprint density at radius 2 is 2.33 bits per heavy atom. The van der Waals surface area contributed by atoms with Crippen LogP contribution in [0.2, 0.25) is 5.02 Å². The summed E-state index contributed by atoms with van der Waals surface area (Å²) >= 11 is 7.75. The van der Waals surface area contributed by atoms with Gasteiger partial charge in [-0.05, 0) is 29.8 Å². The number of amidine groups is 1. The Balaban J connectivity index is 1.44. The number of hydrogen-bond acceptors (Lipinski definition) is 5. The summed E-state index contributed by atoms with van der Waals surface area (Å²) in [5, 5.41) is 5.08. The molecule has 3 aromatic rings. The summed E-state index contributed by atoms with van der Waals surface area (Å²) in [7, 11) is 1.58. The smallest absolute Gasteiger partial charge is 0.230 e. The number of pyridine rings is 1. The first kappa shape index (κ1) is 17.9. The Kier molecular flexibility index (Phi) is 5.05. The van der Waals surface area contributed by atoms with Gasteiger partial charge in [-0.25, -0.2) is 4.98 Å². The zero-order chi connectivity index (χ0) is 18.8.